The van der Waals surface area contributed by atoms with Crippen molar-refractivity contribution in [3.8, 4) is 0 Å². The van der Waals surface area contributed by atoms with Gasteiger partial charge in [0, 0.05) is 29.8 Å². The zero-order valence-electron chi connectivity index (χ0n) is 15.4. The van der Waals surface area contributed by atoms with Crippen molar-refractivity contribution < 1.29 is 9.59 Å². The topological polar surface area (TPSA) is 84.2 Å². The lowest BCUT2D eigenvalue weighted by Gasteiger charge is -2.45. The van der Waals surface area contributed by atoms with E-state index in [1.165, 1.54) is 6.42 Å². The van der Waals surface area contributed by atoms with Gasteiger partial charge in [-0.05, 0) is 62.1 Å². The monoisotopic (exact) mass is 379 g/mol. The molecule has 4 N–H and O–H groups in total. The quantitative estimate of drug-likeness (QED) is 0.735. The van der Waals surface area contributed by atoms with E-state index in [1.807, 2.05) is 6.92 Å². The minimum atomic E-state index is -0.128. The Morgan fingerprint density at radius 3 is 2.35 bits per heavy atom. The lowest BCUT2D eigenvalue weighted by molar-refractivity contribution is 0.0756. The number of hydrogen-bond donors (Lipinski definition) is 3. The summed E-state index contributed by atoms with van der Waals surface area (Å²) in [5.41, 5.74) is 7.25. The molecule has 26 heavy (non-hydrogen) atoms. The standard InChI is InChI=1S/C20H29N3O2.ClH/c1-2-9-22-19(24)15-7-4-8-16(10-15)20(25)23-18-13-5-3-6-14(18)12-17(21)11-13;/h4,7-8,10,13-14,17-18H,2-3,5-6,9,11-12,21H2,1H3,(H,22,24)(H,23,25);1H. The summed E-state index contributed by atoms with van der Waals surface area (Å²) in [5.74, 6) is 0.768. The summed E-state index contributed by atoms with van der Waals surface area (Å²) in [6.07, 6.45) is 6.42. The van der Waals surface area contributed by atoms with Crippen molar-refractivity contribution in [3.05, 3.63) is 35.4 Å². The molecule has 2 aliphatic carbocycles. The fraction of sp³-hybridized carbons (Fsp3) is 0.600. The Hall–Kier alpha value is -1.59. The van der Waals surface area contributed by atoms with Crippen molar-refractivity contribution in [1.82, 2.24) is 10.6 Å². The summed E-state index contributed by atoms with van der Waals surface area (Å²) in [6, 6.07) is 7.47. The maximum Gasteiger partial charge on any atom is 0.251 e. The second-order valence-corrected chi connectivity index (χ2v) is 7.52. The van der Waals surface area contributed by atoms with Gasteiger partial charge in [-0.2, -0.15) is 0 Å². The lowest BCUT2D eigenvalue weighted by Crippen LogP contribution is -2.53. The van der Waals surface area contributed by atoms with Crippen LogP contribution < -0.4 is 16.4 Å². The zero-order chi connectivity index (χ0) is 17.8. The molecular formula is C20H30ClN3O2. The van der Waals surface area contributed by atoms with E-state index in [0.717, 1.165) is 32.1 Å². The molecule has 2 amide bonds. The van der Waals surface area contributed by atoms with E-state index in [-0.39, 0.29) is 36.3 Å². The van der Waals surface area contributed by atoms with Crippen LogP contribution in [0.2, 0.25) is 0 Å². The van der Waals surface area contributed by atoms with E-state index in [1.54, 1.807) is 24.3 Å². The Kier molecular flexibility index (Phi) is 7.47. The molecule has 2 fully saturated rings. The zero-order valence-corrected chi connectivity index (χ0v) is 16.2. The fourth-order valence-electron chi connectivity index (χ4n) is 4.40. The minimum Gasteiger partial charge on any atom is -0.352 e. The van der Waals surface area contributed by atoms with Crippen LogP contribution in [-0.4, -0.2) is 30.4 Å². The van der Waals surface area contributed by atoms with Crippen molar-refractivity contribution in [2.45, 2.75) is 57.5 Å². The molecule has 0 aliphatic heterocycles. The number of rotatable bonds is 5. The van der Waals surface area contributed by atoms with Crippen molar-refractivity contribution in [2.24, 2.45) is 17.6 Å². The molecule has 2 aliphatic rings. The van der Waals surface area contributed by atoms with Gasteiger partial charge in [0.25, 0.3) is 11.8 Å². The van der Waals surface area contributed by atoms with Crippen LogP contribution >= 0.6 is 12.4 Å². The third-order valence-corrected chi connectivity index (χ3v) is 5.60. The van der Waals surface area contributed by atoms with Gasteiger partial charge in [-0.3, -0.25) is 9.59 Å². The third kappa shape index (κ3) is 4.77. The molecule has 2 unspecified atom stereocenters. The average Bonchev–Trinajstić information content (AvgIpc) is 2.60. The van der Waals surface area contributed by atoms with Crippen LogP contribution in [0.15, 0.2) is 24.3 Å². The van der Waals surface area contributed by atoms with Gasteiger partial charge >= 0.3 is 0 Å². The van der Waals surface area contributed by atoms with Gasteiger partial charge in [0.15, 0.2) is 0 Å². The van der Waals surface area contributed by atoms with Gasteiger partial charge in [0.1, 0.15) is 0 Å². The molecule has 0 saturated heterocycles. The second kappa shape index (κ2) is 9.38. The molecule has 2 atom stereocenters. The van der Waals surface area contributed by atoms with Crippen molar-refractivity contribution in [2.75, 3.05) is 6.54 Å². The summed E-state index contributed by atoms with van der Waals surface area (Å²) >= 11 is 0. The molecule has 1 aromatic rings. The molecule has 5 nitrogen and oxygen atoms in total. The lowest BCUT2D eigenvalue weighted by atomic mass is 9.67. The number of halogens is 1. The highest BCUT2D eigenvalue weighted by atomic mass is 35.5. The highest BCUT2D eigenvalue weighted by Crippen LogP contribution is 2.39. The van der Waals surface area contributed by atoms with Crippen LogP contribution in [0.4, 0.5) is 0 Å². The molecule has 0 heterocycles. The number of hydrogen-bond acceptors (Lipinski definition) is 3. The number of carbonyl (C=O) groups is 2. The Bertz CT molecular complexity index is 623. The first-order valence-corrected chi connectivity index (χ1v) is 9.53. The second-order valence-electron chi connectivity index (χ2n) is 7.52. The molecule has 2 saturated carbocycles. The third-order valence-electron chi connectivity index (χ3n) is 5.60. The number of carbonyl (C=O) groups excluding carboxylic acids is 2. The number of fused-ring (bicyclic) bond motifs is 2. The molecule has 0 spiro atoms. The smallest absolute Gasteiger partial charge is 0.251 e. The van der Waals surface area contributed by atoms with E-state index >= 15 is 0 Å². The Morgan fingerprint density at radius 2 is 1.73 bits per heavy atom. The molecular weight excluding hydrogens is 350 g/mol. The first kappa shape index (κ1) is 20.7. The van der Waals surface area contributed by atoms with E-state index in [0.29, 0.717) is 29.5 Å². The van der Waals surface area contributed by atoms with Crippen LogP contribution in [0.5, 0.6) is 0 Å². The van der Waals surface area contributed by atoms with Gasteiger partial charge in [-0.25, -0.2) is 0 Å². The maximum atomic E-state index is 12.7. The number of benzene rings is 1. The van der Waals surface area contributed by atoms with Gasteiger partial charge in [-0.15, -0.1) is 12.4 Å². The summed E-state index contributed by atoms with van der Waals surface area (Å²) in [4.78, 5) is 24.8. The van der Waals surface area contributed by atoms with Crippen LogP contribution in [0.25, 0.3) is 0 Å². The highest BCUT2D eigenvalue weighted by molar-refractivity contribution is 5.99. The molecule has 1 aromatic carbocycles. The predicted molar refractivity (Wildman–Crippen MR) is 106 cm³/mol. The van der Waals surface area contributed by atoms with E-state index in [2.05, 4.69) is 10.6 Å². The van der Waals surface area contributed by atoms with E-state index in [9.17, 15) is 9.59 Å². The molecule has 6 heteroatoms. The van der Waals surface area contributed by atoms with Gasteiger partial charge in [0.2, 0.25) is 0 Å². The largest absolute Gasteiger partial charge is 0.352 e. The molecule has 0 radical (unpaired) electrons. The number of nitrogens with two attached hydrogens (primary N) is 1. The van der Waals surface area contributed by atoms with Crippen LogP contribution in [0, 0.1) is 11.8 Å². The van der Waals surface area contributed by atoms with Crippen LogP contribution in [0.1, 0.15) is 66.2 Å². The SMILES string of the molecule is CCCNC(=O)c1cccc(C(=O)NC2C3CCCC2CC(N)C3)c1.Cl. The van der Waals surface area contributed by atoms with Gasteiger partial charge in [0.05, 0.1) is 0 Å². The van der Waals surface area contributed by atoms with Crippen LogP contribution in [-0.2, 0) is 0 Å². The van der Waals surface area contributed by atoms with Crippen molar-refractivity contribution in [1.29, 1.82) is 0 Å². The van der Waals surface area contributed by atoms with Gasteiger partial charge < -0.3 is 16.4 Å². The minimum absolute atomic E-state index is 0. The molecule has 144 valence electrons. The Balaban J connectivity index is 0.00000243. The average molecular weight is 380 g/mol. The predicted octanol–water partition coefficient (Wildman–Crippen LogP) is 2.88. The Labute approximate surface area is 161 Å². The first-order valence-electron chi connectivity index (χ1n) is 9.53. The molecule has 2 bridgehead atoms. The molecule has 0 aromatic heterocycles. The fourth-order valence-corrected chi connectivity index (χ4v) is 4.40. The van der Waals surface area contributed by atoms with Crippen molar-refractivity contribution >= 4 is 24.2 Å². The first-order chi connectivity index (χ1) is 12.1. The number of amides is 2. The number of nitrogens with one attached hydrogen (secondary N) is 2. The van der Waals surface area contributed by atoms with E-state index in [4.69, 9.17) is 5.73 Å². The maximum absolute atomic E-state index is 12.7. The molecule has 3 rings (SSSR count). The normalized spacial score (nSPS) is 27.2. The van der Waals surface area contributed by atoms with Gasteiger partial charge in [-0.1, -0.05) is 19.4 Å². The summed E-state index contributed by atoms with van der Waals surface area (Å²) in [7, 11) is 0. The Morgan fingerprint density at radius 1 is 1.12 bits per heavy atom. The summed E-state index contributed by atoms with van der Waals surface area (Å²) < 4.78 is 0. The summed E-state index contributed by atoms with van der Waals surface area (Å²) in [5, 5.41) is 6.09. The van der Waals surface area contributed by atoms with E-state index < -0.39 is 0 Å². The van der Waals surface area contributed by atoms with Crippen molar-refractivity contribution in [3.63, 3.8) is 0 Å². The highest BCUT2D eigenvalue weighted by Gasteiger charge is 2.39. The van der Waals surface area contributed by atoms with Crippen LogP contribution in [0.3, 0.4) is 0 Å². The summed E-state index contributed by atoms with van der Waals surface area (Å²) in [6.45, 7) is 2.65.